The highest BCUT2D eigenvalue weighted by molar-refractivity contribution is 5.63. The molecule has 0 saturated heterocycles. The normalized spacial score (nSPS) is 10.9. The van der Waals surface area contributed by atoms with Crippen molar-refractivity contribution in [3.63, 3.8) is 0 Å². The van der Waals surface area contributed by atoms with Crippen LogP contribution in [0.1, 0.15) is 13.3 Å². The van der Waals surface area contributed by atoms with Gasteiger partial charge < -0.3 is 14.2 Å². The molecular formula is C18H21N3O3. The van der Waals surface area contributed by atoms with Crippen molar-refractivity contribution >= 4 is 5.65 Å². The Labute approximate surface area is 141 Å². The van der Waals surface area contributed by atoms with Crippen LogP contribution in [0, 0.1) is 0 Å². The number of benzene rings is 1. The highest BCUT2D eigenvalue weighted by Crippen LogP contribution is 2.22. The number of hydrogen-bond donors (Lipinski definition) is 0. The second-order valence-corrected chi connectivity index (χ2v) is 5.31. The molecule has 3 aromatic rings. The van der Waals surface area contributed by atoms with Crippen molar-refractivity contribution in [1.82, 2.24) is 14.6 Å². The highest BCUT2D eigenvalue weighted by Gasteiger charge is 2.07. The lowest BCUT2D eigenvalue weighted by molar-refractivity contribution is 0.146. The number of methoxy groups -OCH3 is 1. The summed E-state index contributed by atoms with van der Waals surface area (Å²) in [5.41, 5.74) is 2.66. The standard InChI is InChI=1S/C18H21N3O3/c1-3-10-24-18-9-8-17-19-16(13-21(17)20-18)14-4-6-15(7-5-14)23-12-11-22-2/h4-9,13H,3,10-12H2,1-2H3. The number of ether oxygens (including phenoxy) is 3. The molecule has 0 fully saturated rings. The van der Waals surface area contributed by atoms with Crippen molar-refractivity contribution in [2.45, 2.75) is 13.3 Å². The smallest absolute Gasteiger partial charge is 0.231 e. The van der Waals surface area contributed by atoms with Gasteiger partial charge in [0.1, 0.15) is 12.4 Å². The molecule has 2 aromatic heterocycles. The lowest BCUT2D eigenvalue weighted by atomic mass is 10.2. The molecule has 0 atom stereocenters. The Kier molecular flexibility index (Phi) is 5.28. The van der Waals surface area contributed by atoms with Crippen molar-refractivity contribution in [2.75, 3.05) is 26.9 Å². The molecule has 0 amide bonds. The van der Waals surface area contributed by atoms with Crippen LogP contribution < -0.4 is 9.47 Å². The van der Waals surface area contributed by atoms with E-state index in [0.717, 1.165) is 29.1 Å². The average molecular weight is 327 g/mol. The second-order valence-electron chi connectivity index (χ2n) is 5.31. The maximum absolute atomic E-state index is 5.57. The lowest BCUT2D eigenvalue weighted by Gasteiger charge is -2.05. The topological polar surface area (TPSA) is 57.9 Å². The molecule has 6 heteroatoms. The van der Waals surface area contributed by atoms with E-state index in [9.17, 15) is 0 Å². The number of nitrogens with zero attached hydrogens (tertiary/aromatic N) is 3. The Hall–Kier alpha value is -2.60. The summed E-state index contributed by atoms with van der Waals surface area (Å²) >= 11 is 0. The molecule has 24 heavy (non-hydrogen) atoms. The van der Waals surface area contributed by atoms with E-state index in [2.05, 4.69) is 17.0 Å². The van der Waals surface area contributed by atoms with Crippen LogP contribution in [-0.2, 0) is 4.74 Å². The maximum atomic E-state index is 5.57. The number of rotatable bonds is 8. The van der Waals surface area contributed by atoms with Crippen LogP contribution >= 0.6 is 0 Å². The zero-order chi connectivity index (χ0) is 16.8. The van der Waals surface area contributed by atoms with Gasteiger partial charge in [-0.15, -0.1) is 5.10 Å². The molecule has 0 aliphatic carbocycles. The summed E-state index contributed by atoms with van der Waals surface area (Å²) in [5.74, 6) is 1.42. The Morgan fingerprint density at radius 2 is 1.79 bits per heavy atom. The fourth-order valence-electron chi connectivity index (χ4n) is 2.25. The predicted octanol–water partition coefficient (Wildman–Crippen LogP) is 3.21. The zero-order valence-electron chi connectivity index (χ0n) is 13.9. The highest BCUT2D eigenvalue weighted by atomic mass is 16.5. The number of aromatic nitrogens is 3. The van der Waals surface area contributed by atoms with Gasteiger partial charge in [-0.2, -0.15) is 0 Å². The third-order valence-corrected chi connectivity index (χ3v) is 3.46. The molecule has 0 saturated carbocycles. The first-order valence-electron chi connectivity index (χ1n) is 8.01. The molecule has 126 valence electrons. The van der Waals surface area contributed by atoms with Gasteiger partial charge in [0.25, 0.3) is 0 Å². The van der Waals surface area contributed by atoms with Gasteiger partial charge in [-0.3, -0.25) is 0 Å². The fourth-order valence-corrected chi connectivity index (χ4v) is 2.25. The molecule has 0 N–H and O–H groups in total. The minimum atomic E-state index is 0.536. The van der Waals surface area contributed by atoms with E-state index in [1.807, 2.05) is 42.6 Å². The van der Waals surface area contributed by atoms with Crippen LogP contribution in [0.15, 0.2) is 42.6 Å². The summed E-state index contributed by atoms with van der Waals surface area (Å²) in [5, 5.41) is 4.42. The second kappa shape index (κ2) is 7.79. The minimum absolute atomic E-state index is 0.536. The Morgan fingerprint density at radius 1 is 0.958 bits per heavy atom. The summed E-state index contributed by atoms with van der Waals surface area (Å²) in [7, 11) is 1.66. The van der Waals surface area contributed by atoms with Gasteiger partial charge in [0.15, 0.2) is 5.65 Å². The zero-order valence-corrected chi connectivity index (χ0v) is 13.9. The van der Waals surface area contributed by atoms with E-state index in [1.54, 1.807) is 11.6 Å². The van der Waals surface area contributed by atoms with Crippen molar-refractivity contribution in [2.24, 2.45) is 0 Å². The SMILES string of the molecule is CCCOc1ccc2nc(-c3ccc(OCCOC)cc3)cn2n1. The molecule has 0 bridgehead atoms. The average Bonchev–Trinajstić information content (AvgIpc) is 3.04. The summed E-state index contributed by atoms with van der Waals surface area (Å²) in [4.78, 5) is 4.59. The van der Waals surface area contributed by atoms with E-state index in [4.69, 9.17) is 14.2 Å². The molecule has 3 rings (SSSR count). The van der Waals surface area contributed by atoms with Crippen molar-refractivity contribution in [1.29, 1.82) is 0 Å². The fraction of sp³-hybridized carbons (Fsp3) is 0.333. The Morgan fingerprint density at radius 3 is 2.54 bits per heavy atom. The van der Waals surface area contributed by atoms with Crippen LogP contribution in [-0.4, -0.2) is 41.5 Å². The molecule has 0 spiro atoms. The molecule has 1 aromatic carbocycles. The van der Waals surface area contributed by atoms with E-state index in [-0.39, 0.29) is 0 Å². The van der Waals surface area contributed by atoms with Gasteiger partial charge in [-0.25, -0.2) is 9.50 Å². The van der Waals surface area contributed by atoms with Gasteiger partial charge in [-0.05, 0) is 36.8 Å². The number of fused-ring (bicyclic) bond motifs is 1. The summed E-state index contributed by atoms with van der Waals surface area (Å²) in [6, 6.07) is 11.6. The van der Waals surface area contributed by atoms with Crippen molar-refractivity contribution in [3.05, 3.63) is 42.6 Å². The van der Waals surface area contributed by atoms with Crippen LogP contribution in [0.25, 0.3) is 16.9 Å². The molecule has 0 unspecified atom stereocenters. The summed E-state index contributed by atoms with van der Waals surface area (Å²) < 4.78 is 17.8. The summed E-state index contributed by atoms with van der Waals surface area (Å²) in [6.07, 6.45) is 2.85. The van der Waals surface area contributed by atoms with Gasteiger partial charge in [0.2, 0.25) is 5.88 Å². The quantitative estimate of drug-likeness (QED) is 0.595. The van der Waals surface area contributed by atoms with Crippen LogP contribution in [0.2, 0.25) is 0 Å². The molecule has 0 aliphatic rings. The predicted molar refractivity (Wildman–Crippen MR) is 91.6 cm³/mol. The Balaban J connectivity index is 1.76. The maximum Gasteiger partial charge on any atom is 0.231 e. The van der Waals surface area contributed by atoms with E-state index in [1.165, 1.54) is 0 Å². The third-order valence-electron chi connectivity index (χ3n) is 3.46. The van der Waals surface area contributed by atoms with E-state index in [0.29, 0.717) is 25.7 Å². The molecule has 0 aliphatic heterocycles. The third kappa shape index (κ3) is 3.83. The van der Waals surface area contributed by atoms with Gasteiger partial charge >= 0.3 is 0 Å². The first-order valence-corrected chi connectivity index (χ1v) is 8.01. The van der Waals surface area contributed by atoms with Gasteiger partial charge in [0.05, 0.1) is 25.1 Å². The van der Waals surface area contributed by atoms with Gasteiger partial charge in [0, 0.05) is 18.7 Å². The van der Waals surface area contributed by atoms with Crippen molar-refractivity contribution < 1.29 is 14.2 Å². The van der Waals surface area contributed by atoms with Crippen molar-refractivity contribution in [3.8, 4) is 22.9 Å². The van der Waals surface area contributed by atoms with Crippen LogP contribution in [0.5, 0.6) is 11.6 Å². The van der Waals surface area contributed by atoms with E-state index >= 15 is 0 Å². The first-order chi connectivity index (χ1) is 11.8. The molecule has 6 nitrogen and oxygen atoms in total. The monoisotopic (exact) mass is 327 g/mol. The molecular weight excluding hydrogens is 306 g/mol. The minimum Gasteiger partial charge on any atom is -0.491 e. The van der Waals surface area contributed by atoms with E-state index < -0.39 is 0 Å². The Bertz CT molecular complexity index is 784. The number of hydrogen-bond acceptors (Lipinski definition) is 5. The van der Waals surface area contributed by atoms with Gasteiger partial charge in [-0.1, -0.05) is 6.92 Å². The molecule has 0 radical (unpaired) electrons. The van der Waals surface area contributed by atoms with Crippen LogP contribution in [0.3, 0.4) is 0 Å². The summed E-state index contributed by atoms with van der Waals surface area (Å²) in [6.45, 7) is 3.83. The lowest BCUT2D eigenvalue weighted by Crippen LogP contribution is -2.03. The van der Waals surface area contributed by atoms with Crippen LogP contribution in [0.4, 0.5) is 0 Å². The molecule has 2 heterocycles. The first kappa shape index (κ1) is 16.3. The number of imidazole rings is 1. The largest absolute Gasteiger partial charge is 0.491 e.